The molecule has 65 heavy (non-hydrogen) atoms. The molecule has 1 saturated heterocycles. The van der Waals surface area contributed by atoms with E-state index in [1.165, 1.54) is 28.5 Å². The fraction of sp³-hybridized carbons (Fsp3) is 0.432. The zero-order valence-corrected chi connectivity index (χ0v) is 37.5. The van der Waals surface area contributed by atoms with Crippen LogP contribution in [0.5, 0.6) is 5.88 Å². The van der Waals surface area contributed by atoms with Crippen LogP contribution in [0, 0.1) is 11.3 Å². The number of aromatic nitrogens is 3. The molecule has 3 aromatic heterocycles. The van der Waals surface area contributed by atoms with Crippen LogP contribution >= 0.6 is 11.3 Å². The Labute approximate surface area is 375 Å². The summed E-state index contributed by atoms with van der Waals surface area (Å²) in [4.78, 5) is 70.9. The highest BCUT2D eigenvalue weighted by Crippen LogP contribution is 2.46. The second-order valence-electron chi connectivity index (χ2n) is 17.8. The Morgan fingerprint density at radius 1 is 1.03 bits per heavy atom. The molecule has 1 aliphatic heterocycles. The van der Waals surface area contributed by atoms with E-state index in [2.05, 4.69) is 36.9 Å². The summed E-state index contributed by atoms with van der Waals surface area (Å²) < 4.78 is 86.3. The van der Waals surface area contributed by atoms with Crippen LogP contribution < -0.4 is 20.1 Å². The lowest BCUT2D eigenvalue weighted by molar-refractivity contribution is -0.141. The van der Waals surface area contributed by atoms with E-state index in [4.69, 9.17) is 13.9 Å². The van der Waals surface area contributed by atoms with Gasteiger partial charge in [0.05, 0.1) is 23.5 Å². The first-order valence-electron chi connectivity index (χ1n) is 20.9. The summed E-state index contributed by atoms with van der Waals surface area (Å²) in [6.07, 6.45) is -3.80. The number of esters is 1. The number of alkyl halides is 3. The predicted molar refractivity (Wildman–Crippen MR) is 233 cm³/mol. The van der Waals surface area contributed by atoms with E-state index in [1.807, 2.05) is 0 Å². The summed E-state index contributed by atoms with van der Waals surface area (Å²) >= 11 is 1.07. The SMILES string of the molecule is C=C[C@@H]1C[C@]1(NC(=O)[C@@H]1C[C@@H](Oc2nc(-c3ccc(C(F)(F)F)cc3)nc3c2oc2ccccc23)CN1C(=O)[C@@H](Nc1nc(C(=O)OC(C)C)cs1)C(C)(C)C)C(=O)NS(=O)(=O)C1CC1. The standard InChI is InChI=1S/C44H46F3N7O9S2/c1-7-24-19-43(24,40(58)53-65(59,60)27-16-17-27)52-36(55)30-18-26(20-54(30)38(56)34(42(4,5)6)50-41-48-29(21-64-41)39(57)61-22(2)3)62-37-33-32(28-10-8-9-11-31(28)63-33)49-35(51-37)23-12-14-25(15-13-23)44(45,46)47/h7-15,21-22,24,26-27,30,34H,1,16-20H2,2-6H3,(H,48,50)(H,52,55)(H,53,58)/t24-,26-,30+,34-,43-/m1/s1. The maximum Gasteiger partial charge on any atom is 0.416 e. The molecule has 3 N–H and O–H groups in total. The Kier molecular flexibility index (Phi) is 11.7. The Hall–Kier alpha value is -6.09. The molecule has 4 heterocycles. The highest BCUT2D eigenvalue weighted by Gasteiger charge is 2.62. The molecule has 2 saturated carbocycles. The molecule has 0 spiro atoms. The van der Waals surface area contributed by atoms with Crippen molar-refractivity contribution in [2.24, 2.45) is 11.3 Å². The van der Waals surface area contributed by atoms with Crippen LogP contribution in [0.1, 0.15) is 76.4 Å². The quantitative estimate of drug-likeness (QED) is 0.0790. The summed E-state index contributed by atoms with van der Waals surface area (Å²) in [5, 5.41) is 7.50. The molecule has 344 valence electrons. The van der Waals surface area contributed by atoms with Crippen LogP contribution in [0.2, 0.25) is 0 Å². The minimum absolute atomic E-state index is 0.0170. The van der Waals surface area contributed by atoms with Gasteiger partial charge < -0.3 is 29.4 Å². The first kappa shape index (κ1) is 45.5. The van der Waals surface area contributed by atoms with Gasteiger partial charge in [0.25, 0.3) is 11.8 Å². The van der Waals surface area contributed by atoms with Crippen molar-refractivity contribution in [1.82, 2.24) is 29.9 Å². The van der Waals surface area contributed by atoms with Crippen LogP contribution in [0.15, 0.2) is 71.0 Å². The topological polar surface area (TPSA) is 212 Å². The number of nitrogens with zero attached hydrogens (tertiary/aromatic N) is 4. The second kappa shape index (κ2) is 16.7. The van der Waals surface area contributed by atoms with Gasteiger partial charge in [-0.2, -0.15) is 18.2 Å². The number of hydrogen-bond donors (Lipinski definition) is 3. The van der Waals surface area contributed by atoms with Crippen molar-refractivity contribution in [2.75, 3.05) is 11.9 Å². The molecule has 21 heteroatoms. The molecule has 16 nitrogen and oxygen atoms in total. The largest absolute Gasteiger partial charge is 0.470 e. The summed E-state index contributed by atoms with van der Waals surface area (Å²) in [5.74, 6) is -3.61. The van der Waals surface area contributed by atoms with E-state index in [9.17, 15) is 40.8 Å². The molecular formula is C44H46F3N7O9S2. The van der Waals surface area contributed by atoms with E-state index in [-0.39, 0.29) is 53.1 Å². The van der Waals surface area contributed by atoms with Crippen molar-refractivity contribution in [3.63, 3.8) is 0 Å². The van der Waals surface area contributed by atoms with Crippen LogP contribution in [0.4, 0.5) is 18.3 Å². The number of benzene rings is 2. The number of nitrogens with one attached hydrogen (secondary N) is 3. The number of halogens is 3. The first-order chi connectivity index (χ1) is 30.6. The zero-order chi connectivity index (χ0) is 46.8. The van der Waals surface area contributed by atoms with Crippen molar-refractivity contribution >= 4 is 72.3 Å². The van der Waals surface area contributed by atoms with E-state index < -0.39 is 91.9 Å². The minimum Gasteiger partial charge on any atom is -0.470 e. The Balaban J connectivity index is 1.14. The van der Waals surface area contributed by atoms with E-state index in [0.29, 0.717) is 29.3 Å². The smallest absolute Gasteiger partial charge is 0.416 e. The number of furan rings is 1. The lowest BCUT2D eigenvalue weighted by Crippen LogP contribution is -2.58. The Morgan fingerprint density at radius 3 is 2.37 bits per heavy atom. The van der Waals surface area contributed by atoms with Crippen molar-refractivity contribution in [2.45, 2.75) is 102 Å². The number of likely N-dealkylation sites (tertiary alicyclic amines) is 1. The van der Waals surface area contributed by atoms with Gasteiger partial charge in [-0.3, -0.25) is 19.1 Å². The van der Waals surface area contributed by atoms with Gasteiger partial charge in [-0.15, -0.1) is 17.9 Å². The number of thiazole rings is 1. The summed E-state index contributed by atoms with van der Waals surface area (Å²) in [7, 11) is -3.99. The number of sulfonamides is 1. The molecule has 8 rings (SSSR count). The number of para-hydroxylation sites is 1. The average Bonchev–Trinajstić information content (AvgIpc) is 4.07. The number of amides is 3. The van der Waals surface area contributed by atoms with Crippen molar-refractivity contribution < 1.29 is 54.7 Å². The van der Waals surface area contributed by atoms with Crippen LogP contribution in [0.3, 0.4) is 0 Å². The minimum atomic E-state index is -4.58. The van der Waals surface area contributed by atoms with Gasteiger partial charge in [0.2, 0.25) is 27.4 Å². The van der Waals surface area contributed by atoms with Gasteiger partial charge in [0, 0.05) is 28.7 Å². The number of fused-ring (bicyclic) bond motifs is 3. The highest BCUT2D eigenvalue weighted by atomic mass is 32.2. The Morgan fingerprint density at radius 2 is 1.74 bits per heavy atom. The molecule has 3 amide bonds. The van der Waals surface area contributed by atoms with Gasteiger partial charge >= 0.3 is 12.1 Å². The van der Waals surface area contributed by atoms with Crippen molar-refractivity contribution in [3.05, 3.63) is 77.8 Å². The van der Waals surface area contributed by atoms with Gasteiger partial charge in [-0.1, -0.05) is 51.1 Å². The van der Waals surface area contributed by atoms with E-state index in [0.717, 1.165) is 23.5 Å². The molecule has 5 aromatic rings. The molecule has 0 radical (unpaired) electrons. The van der Waals surface area contributed by atoms with Crippen molar-refractivity contribution in [1.29, 1.82) is 0 Å². The van der Waals surface area contributed by atoms with Gasteiger partial charge in [-0.25, -0.2) is 23.2 Å². The lowest BCUT2D eigenvalue weighted by Gasteiger charge is -2.35. The fourth-order valence-corrected chi connectivity index (χ4v) is 9.85. The number of anilines is 1. The molecule has 2 aliphatic carbocycles. The van der Waals surface area contributed by atoms with E-state index in [1.54, 1.807) is 58.9 Å². The monoisotopic (exact) mass is 937 g/mol. The number of hydrogen-bond acceptors (Lipinski definition) is 14. The third-order valence-electron chi connectivity index (χ3n) is 11.5. The fourth-order valence-electron chi connectivity index (χ4n) is 7.78. The number of ether oxygens (including phenoxy) is 2. The lowest BCUT2D eigenvalue weighted by atomic mass is 9.85. The zero-order valence-electron chi connectivity index (χ0n) is 35.9. The summed E-state index contributed by atoms with van der Waals surface area (Å²) in [5.41, 5.74) is -2.27. The molecular weight excluding hydrogens is 892 g/mol. The molecule has 3 aliphatic rings. The number of carbonyl (C=O) groups is 4. The summed E-state index contributed by atoms with van der Waals surface area (Å²) in [6.45, 7) is 12.3. The summed E-state index contributed by atoms with van der Waals surface area (Å²) in [6, 6.07) is 8.89. The molecule has 5 atom stereocenters. The van der Waals surface area contributed by atoms with Gasteiger partial charge in [0.1, 0.15) is 34.8 Å². The molecule has 2 aromatic carbocycles. The maximum absolute atomic E-state index is 15.0. The first-order valence-corrected chi connectivity index (χ1v) is 23.3. The predicted octanol–water partition coefficient (Wildman–Crippen LogP) is 6.63. The molecule has 0 unspecified atom stereocenters. The number of rotatable bonds is 14. The third-order valence-corrected chi connectivity index (χ3v) is 14.1. The molecule has 3 fully saturated rings. The van der Waals surface area contributed by atoms with Crippen LogP contribution in [0.25, 0.3) is 33.5 Å². The van der Waals surface area contributed by atoms with Gasteiger partial charge in [0.15, 0.2) is 16.6 Å². The maximum atomic E-state index is 15.0. The molecule has 0 bridgehead atoms. The normalized spacial score (nSPS) is 21.6. The Bertz CT molecular complexity index is 2820. The van der Waals surface area contributed by atoms with Crippen molar-refractivity contribution in [3.8, 4) is 17.3 Å². The van der Waals surface area contributed by atoms with Crippen LogP contribution in [-0.2, 0) is 35.3 Å². The van der Waals surface area contributed by atoms with E-state index >= 15 is 0 Å². The second-order valence-corrected chi connectivity index (χ2v) is 20.6. The number of carbonyl (C=O) groups excluding carboxylic acids is 4. The van der Waals surface area contributed by atoms with Gasteiger partial charge in [-0.05, 0) is 62.8 Å². The highest BCUT2D eigenvalue weighted by molar-refractivity contribution is 7.91. The van der Waals surface area contributed by atoms with Crippen LogP contribution in [-0.4, -0.2) is 93.6 Å². The third kappa shape index (κ3) is 9.25. The average molecular weight is 938 g/mol.